The summed E-state index contributed by atoms with van der Waals surface area (Å²) in [5.41, 5.74) is -0.808. The molecule has 0 spiro atoms. The quantitative estimate of drug-likeness (QED) is 0.629. The van der Waals surface area contributed by atoms with Gasteiger partial charge >= 0.3 is 5.97 Å². The Morgan fingerprint density at radius 3 is 2.58 bits per heavy atom. The van der Waals surface area contributed by atoms with Gasteiger partial charge in [0.1, 0.15) is 17.2 Å². The van der Waals surface area contributed by atoms with Crippen LogP contribution >= 0.6 is 0 Å². The van der Waals surface area contributed by atoms with Gasteiger partial charge in [0.25, 0.3) is 5.56 Å². The molecule has 2 aromatic rings. The molecule has 0 aliphatic rings. The first-order chi connectivity index (χ1) is 12.2. The summed E-state index contributed by atoms with van der Waals surface area (Å²) in [6, 6.07) is 6.60. The highest BCUT2D eigenvalue weighted by molar-refractivity contribution is 5.72. The number of nitrogens with zero attached hydrogens (tertiary/aromatic N) is 1. The molecule has 2 rings (SSSR count). The van der Waals surface area contributed by atoms with Crippen molar-refractivity contribution in [1.29, 1.82) is 0 Å². The number of ether oxygens (including phenoxy) is 2. The lowest BCUT2D eigenvalue weighted by molar-refractivity contribution is -0.157. The van der Waals surface area contributed by atoms with Crippen LogP contribution in [-0.2, 0) is 14.3 Å². The molecular formula is C18H19FN2O5. The van der Waals surface area contributed by atoms with Crippen LogP contribution in [0.3, 0.4) is 0 Å². The van der Waals surface area contributed by atoms with E-state index in [2.05, 4.69) is 5.32 Å². The lowest BCUT2D eigenvalue weighted by Crippen LogP contribution is -2.27. The molecule has 138 valence electrons. The number of amides is 1. The van der Waals surface area contributed by atoms with Gasteiger partial charge in [-0.1, -0.05) is 0 Å². The van der Waals surface area contributed by atoms with E-state index in [9.17, 15) is 18.8 Å². The van der Waals surface area contributed by atoms with Gasteiger partial charge in [0.05, 0.1) is 11.4 Å². The van der Waals surface area contributed by atoms with E-state index < -0.39 is 22.9 Å². The largest absolute Gasteiger partial charge is 0.482 e. The molecule has 0 bridgehead atoms. The van der Waals surface area contributed by atoms with Crippen molar-refractivity contribution in [3.05, 3.63) is 52.7 Å². The van der Waals surface area contributed by atoms with E-state index in [1.165, 1.54) is 35.0 Å². The van der Waals surface area contributed by atoms with Gasteiger partial charge in [-0.2, -0.15) is 0 Å². The number of benzene rings is 1. The van der Waals surface area contributed by atoms with Crippen LogP contribution in [0.4, 0.5) is 10.1 Å². The normalized spacial score (nSPS) is 10.9. The molecule has 0 aliphatic carbocycles. The topological polar surface area (TPSA) is 86.6 Å². The van der Waals surface area contributed by atoms with Crippen LogP contribution in [0.25, 0.3) is 5.69 Å². The molecule has 1 heterocycles. The van der Waals surface area contributed by atoms with Gasteiger partial charge in [-0.25, -0.2) is 9.18 Å². The minimum absolute atomic E-state index is 0.00844. The van der Waals surface area contributed by atoms with Crippen molar-refractivity contribution in [1.82, 2.24) is 4.57 Å². The molecule has 1 N–H and O–H groups in total. The number of hydrogen-bond donors (Lipinski definition) is 1. The van der Waals surface area contributed by atoms with E-state index in [4.69, 9.17) is 9.47 Å². The molecular weight excluding hydrogens is 343 g/mol. The monoisotopic (exact) mass is 362 g/mol. The third-order valence-electron chi connectivity index (χ3n) is 3.11. The molecule has 8 heteroatoms. The zero-order valence-electron chi connectivity index (χ0n) is 14.6. The smallest absolute Gasteiger partial charge is 0.344 e. The minimum atomic E-state index is -0.674. The summed E-state index contributed by atoms with van der Waals surface area (Å²) in [7, 11) is 0. The summed E-state index contributed by atoms with van der Waals surface area (Å²) >= 11 is 0. The lowest BCUT2D eigenvalue weighted by atomic mass is 10.2. The summed E-state index contributed by atoms with van der Waals surface area (Å²) in [5.74, 6) is -1.04. The van der Waals surface area contributed by atoms with Crippen molar-refractivity contribution < 1.29 is 23.5 Å². The van der Waals surface area contributed by atoms with Crippen molar-refractivity contribution in [2.75, 3.05) is 11.9 Å². The first-order valence-electron chi connectivity index (χ1n) is 7.77. The second-order valence-electron chi connectivity index (χ2n) is 6.37. The second kappa shape index (κ2) is 7.81. The van der Waals surface area contributed by atoms with E-state index >= 15 is 0 Å². The third-order valence-corrected chi connectivity index (χ3v) is 3.11. The second-order valence-corrected chi connectivity index (χ2v) is 6.37. The van der Waals surface area contributed by atoms with Gasteiger partial charge in [-0.05, 0) is 39.0 Å². The Bertz CT molecular complexity index is 871. The molecule has 0 atom stereocenters. The maximum atomic E-state index is 13.9. The zero-order chi connectivity index (χ0) is 19.3. The summed E-state index contributed by atoms with van der Waals surface area (Å²) < 4.78 is 25.4. The standard InChI is InChI=1S/C18H19FN2O5/c1-18(2,3)26-17(24)10-25-13-6-7-21(16(23)9-13)12-4-5-15(20-11-22)14(19)8-12/h4-9,11H,10H2,1-3H3,(H,20,22). The van der Waals surface area contributed by atoms with E-state index in [0.29, 0.717) is 6.41 Å². The Hall–Kier alpha value is -3.16. The van der Waals surface area contributed by atoms with Crippen LogP contribution < -0.4 is 15.6 Å². The Kier molecular flexibility index (Phi) is 5.76. The van der Waals surface area contributed by atoms with Crippen molar-refractivity contribution >= 4 is 18.1 Å². The number of aromatic nitrogens is 1. The predicted octanol–water partition coefficient (Wildman–Crippen LogP) is 2.27. The van der Waals surface area contributed by atoms with Gasteiger partial charge in [0.15, 0.2) is 6.61 Å². The average molecular weight is 362 g/mol. The van der Waals surface area contributed by atoms with Crippen molar-refractivity contribution in [2.24, 2.45) is 0 Å². The van der Waals surface area contributed by atoms with Crippen LogP contribution in [0.1, 0.15) is 20.8 Å². The molecule has 0 aliphatic heterocycles. The molecule has 0 unspecified atom stereocenters. The molecule has 7 nitrogen and oxygen atoms in total. The number of esters is 1. The summed E-state index contributed by atoms with van der Waals surface area (Å²) in [5, 5.41) is 2.21. The molecule has 0 saturated heterocycles. The number of pyridine rings is 1. The van der Waals surface area contributed by atoms with Gasteiger partial charge in [-0.15, -0.1) is 0 Å². The Balaban J connectivity index is 2.12. The van der Waals surface area contributed by atoms with E-state index in [1.54, 1.807) is 20.8 Å². The van der Waals surface area contributed by atoms with Crippen molar-refractivity contribution in [2.45, 2.75) is 26.4 Å². The number of rotatable bonds is 6. The lowest BCUT2D eigenvalue weighted by Gasteiger charge is -2.19. The fourth-order valence-corrected chi connectivity index (χ4v) is 2.11. The Labute approximate surface area is 149 Å². The van der Waals surface area contributed by atoms with Crippen molar-refractivity contribution in [3.63, 3.8) is 0 Å². The van der Waals surface area contributed by atoms with Gasteiger partial charge in [0, 0.05) is 18.3 Å². The number of halogens is 1. The number of hydrogen-bond acceptors (Lipinski definition) is 5. The summed E-state index contributed by atoms with van der Waals surface area (Å²) in [6.07, 6.45) is 1.76. The van der Waals surface area contributed by atoms with Crippen LogP contribution in [0.2, 0.25) is 0 Å². The number of nitrogens with one attached hydrogen (secondary N) is 1. The van der Waals surface area contributed by atoms with Gasteiger partial charge < -0.3 is 14.8 Å². The molecule has 1 aromatic carbocycles. The maximum Gasteiger partial charge on any atom is 0.344 e. The fraction of sp³-hybridized carbons (Fsp3) is 0.278. The first-order valence-corrected chi connectivity index (χ1v) is 7.77. The van der Waals surface area contributed by atoms with Crippen LogP contribution in [0.15, 0.2) is 41.3 Å². The third kappa shape index (κ3) is 5.17. The molecule has 1 aromatic heterocycles. The SMILES string of the molecule is CC(C)(C)OC(=O)COc1ccn(-c2ccc(NC=O)c(F)c2)c(=O)c1. The molecule has 0 saturated carbocycles. The molecule has 0 radical (unpaired) electrons. The van der Waals surface area contributed by atoms with E-state index in [1.807, 2.05) is 0 Å². The van der Waals surface area contributed by atoms with Crippen LogP contribution in [0, 0.1) is 5.82 Å². The first kappa shape index (κ1) is 19.2. The van der Waals surface area contributed by atoms with E-state index in [-0.39, 0.29) is 23.7 Å². The average Bonchev–Trinajstić information content (AvgIpc) is 2.53. The van der Waals surface area contributed by atoms with Gasteiger partial charge in [-0.3, -0.25) is 14.2 Å². The van der Waals surface area contributed by atoms with Crippen molar-refractivity contribution in [3.8, 4) is 11.4 Å². The number of carbonyl (C=O) groups excluding carboxylic acids is 2. The number of anilines is 1. The minimum Gasteiger partial charge on any atom is -0.482 e. The zero-order valence-corrected chi connectivity index (χ0v) is 14.6. The summed E-state index contributed by atoms with van der Waals surface area (Å²) in [4.78, 5) is 34.2. The highest BCUT2D eigenvalue weighted by Crippen LogP contribution is 2.18. The van der Waals surface area contributed by atoms with Crippen LogP contribution in [-0.4, -0.2) is 29.2 Å². The van der Waals surface area contributed by atoms with E-state index in [0.717, 1.165) is 6.07 Å². The Morgan fingerprint density at radius 2 is 2.00 bits per heavy atom. The summed E-state index contributed by atoms with van der Waals surface area (Å²) in [6.45, 7) is 4.88. The van der Waals surface area contributed by atoms with Crippen LogP contribution in [0.5, 0.6) is 5.75 Å². The maximum absolute atomic E-state index is 13.9. The highest BCUT2D eigenvalue weighted by atomic mass is 19.1. The molecule has 1 amide bonds. The molecule has 26 heavy (non-hydrogen) atoms. The fourth-order valence-electron chi connectivity index (χ4n) is 2.11. The predicted molar refractivity (Wildman–Crippen MR) is 93.0 cm³/mol. The van der Waals surface area contributed by atoms with Gasteiger partial charge in [0.2, 0.25) is 6.41 Å². The number of carbonyl (C=O) groups is 2. The highest BCUT2D eigenvalue weighted by Gasteiger charge is 2.16. The Morgan fingerprint density at radius 1 is 1.27 bits per heavy atom. The molecule has 0 fully saturated rings.